The highest BCUT2D eigenvalue weighted by Crippen LogP contribution is 2.23. The van der Waals surface area contributed by atoms with E-state index in [0.29, 0.717) is 18.5 Å². The molecule has 1 aromatic rings. The molecule has 0 atom stereocenters. The average molecular weight is 299 g/mol. The zero-order valence-electron chi connectivity index (χ0n) is 11.6. The van der Waals surface area contributed by atoms with Crippen LogP contribution in [-0.4, -0.2) is 20.2 Å². The monoisotopic (exact) mass is 299 g/mol. The SMILES string of the molecule is O=S(=O)(NCCCCc1ccccc1F)C1CCCC1. The van der Waals surface area contributed by atoms with Gasteiger partial charge < -0.3 is 0 Å². The van der Waals surface area contributed by atoms with E-state index in [2.05, 4.69) is 4.72 Å². The summed E-state index contributed by atoms with van der Waals surface area (Å²) in [4.78, 5) is 0. The number of aryl methyl sites for hydroxylation is 1. The van der Waals surface area contributed by atoms with Crippen LogP contribution in [0.5, 0.6) is 0 Å². The molecule has 0 bridgehead atoms. The Bertz CT molecular complexity index is 524. The molecule has 0 aliphatic heterocycles. The molecule has 0 unspecified atom stereocenters. The van der Waals surface area contributed by atoms with Gasteiger partial charge in [-0.05, 0) is 43.7 Å². The van der Waals surface area contributed by atoms with Gasteiger partial charge >= 0.3 is 0 Å². The highest BCUT2D eigenvalue weighted by atomic mass is 32.2. The summed E-state index contributed by atoms with van der Waals surface area (Å²) in [6.07, 6.45) is 5.76. The first kappa shape index (κ1) is 15.4. The molecule has 1 fully saturated rings. The maximum atomic E-state index is 13.4. The van der Waals surface area contributed by atoms with Gasteiger partial charge in [0.1, 0.15) is 5.82 Å². The van der Waals surface area contributed by atoms with Crippen LogP contribution in [0.15, 0.2) is 24.3 Å². The third-order valence-electron chi connectivity index (χ3n) is 3.88. The van der Waals surface area contributed by atoms with Gasteiger partial charge in [0.2, 0.25) is 10.0 Å². The average Bonchev–Trinajstić information content (AvgIpc) is 2.95. The van der Waals surface area contributed by atoms with E-state index in [1.807, 2.05) is 6.07 Å². The molecular formula is C15H22FNO2S. The van der Waals surface area contributed by atoms with Crippen LogP contribution < -0.4 is 4.72 Å². The van der Waals surface area contributed by atoms with Crippen LogP contribution in [0.25, 0.3) is 0 Å². The van der Waals surface area contributed by atoms with Gasteiger partial charge in [-0.2, -0.15) is 0 Å². The van der Waals surface area contributed by atoms with Crippen LogP contribution in [0.4, 0.5) is 4.39 Å². The number of sulfonamides is 1. The maximum absolute atomic E-state index is 13.4. The van der Waals surface area contributed by atoms with Crippen molar-refractivity contribution in [3.05, 3.63) is 35.6 Å². The van der Waals surface area contributed by atoms with Gasteiger partial charge in [0.15, 0.2) is 0 Å². The van der Waals surface area contributed by atoms with Crippen molar-refractivity contribution >= 4 is 10.0 Å². The quantitative estimate of drug-likeness (QED) is 0.787. The minimum Gasteiger partial charge on any atom is -0.215 e. The highest BCUT2D eigenvalue weighted by molar-refractivity contribution is 7.90. The lowest BCUT2D eigenvalue weighted by Gasteiger charge is -2.12. The summed E-state index contributed by atoms with van der Waals surface area (Å²) in [7, 11) is -3.14. The lowest BCUT2D eigenvalue weighted by molar-refractivity contribution is 0.558. The van der Waals surface area contributed by atoms with Crippen LogP contribution in [0.1, 0.15) is 44.1 Å². The van der Waals surface area contributed by atoms with Gasteiger partial charge in [0.25, 0.3) is 0 Å². The molecular weight excluding hydrogens is 277 g/mol. The first-order valence-electron chi connectivity index (χ1n) is 7.31. The molecule has 0 aromatic heterocycles. The predicted molar refractivity (Wildman–Crippen MR) is 78.5 cm³/mol. The van der Waals surface area contributed by atoms with Crippen LogP contribution in [-0.2, 0) is 16.4 Å². The first-order valence-corrected chi connectivity index (χ1v) is 8.86. The largest absolute Gasteiger partial charge is 0.215 e. The van der Waals surface area contributed by atoms with Gasteiger partial charge in [0, 0.05) is 6.54 Å². The van der Waals surface area contributed by atoms with E-state index in [4.69, 9.17) is 0 Å². The first-order chi connectivity index (χ1) is 9.59. The van der Waals surface area contributed by atoms with E-state index in [9.17, 15) is 12.8 Å². The lowest BCUT2D eigenvalue weighted by Crippen LogP contribution is -2.33. The topological polar surface area (TPSA) is 46.2 Å². The molecule has 1 aliphatic rings. The molecule has 112 valence electrons. The second-order valence-electron chi connectivity index (χ2n) is 5.39. The Morgan fingerprint density at radius 2 is 1.85 bits per heavy atom. The van der Waals surface area contributed by atoms with Gasteiger partial charge in [0.05, 0.1) is 5.25 Å². The van der Waals surface area contributed by atoms with Crippen LogP contribution in [0.3, 0.4) is 0 Å². The highest BCUT2D eigenvalue weighted by Gasteiger charge is 2.27. The summed E-state index contributed by atoms with van der Waals surface area (Å²) >= 11 is 0. The minimum absolute atomic E-state index is 0.181. The standard InChI is InChI=1S/C15H22FNO2S/c16-15-11-4-1-7-13(15)8-5-6-12-17-20(18,19)14-9-2-3-10-14/h1,4,7,11,14,17H,2-3,5-6,8-10,12H2. The molecule has 1 saturated carbocycles. The number of benzene rings is 1. The minimum atomic E-state index is -3.14. The molecule has 0 heterocycles. The molecule has 0 amide bonds. The van der Waals surface area contributed by atoms with Gasteiger partial charge in [-0.15, -0.1) is 0 Å². The molecule has 1 aliphatic carbocycles. The number of halogens is 1. The summed E-state index contributed by atoms with van der Waals surface area (Å²) in [6.45, 7) is 0.452. The Hall–Kier alpha value is -0.940. The molecule has 20 heavy (non-hydrogen) atoms. The fourth-order valence-electron chi connectivity index (χ4n) is 2.67. The Kier molecular flexibility index (Phi) is 5.54. The van der Waals surface area contributed by atoms with Gasteiger partial charge in [-0.25, -0.2) is 17.5 Å². The second-order valence-corrected chi connectivity index (χ2v) is 7.44. The molecule has 0 spiro atoms. The van der Waals surface area contributed by atoms with Crippen molar-refractivity contribution in [2.45, 2.75) is 50.2 Å². The smallest absolute Gasteiger partial charge is 0.214 e. The van der Waals surface area contributed by atoms with Crippen molar-refractivity contribution in [2.75, 3.05) is 6.54 Å². The Labute approximate surface area is 120 Å². The Morgan fingerprint density at radius 1 is 1.15 bits per heavy atom. The van der Waals surface area contributed by atoms with E-state index in [-0.39, 0.29) is 11.1 Å². The third kappa shape index (κ3) is 4.28. The molecule has 5 heteroatoms. The molecule has 0 radical (unpaired) electrons. The summed E-state index contributed by atoms with van der Waals surface area (Å²) in [5.74, 6) is -0.181. The second kappa shape index (κ2) is 7.18. The van der Waals surface area contributed by atoms with Gasteiger partial charge in [-0.1, -0.05) is 31.0 Å². The van der Waals surface area contributed by atoms with E-state index in [1.165, 1.54) is 6.07 Å². The molecule has 1 N–H and O–H groups in total. The summed E-state index contributed by atoms with van der Waals surface area (Å²) in [5.41, 5.74) is 0.700. The Morgan fingerprint density at radius 3 is 2.55 bits per heavy atom. The van der Waals surface area contributed by atoms with Crippen LogP contribution in [0, 0.1) is 5.82 Å². The third-order valence-corrected chi connectivity index (χ3v) is 5.83. The Balaban J connectivity index is 1.68. The van der Waals surface area contributed by atoms with E-state index in [0.717, 1.165) is 38.5 Å². The summed E-state index contributed by atoms with van der Waals surface area (Å²) in [5, 5.41) is -0.200. The molecule has 2 rings (SSSR count). The van der Waals surface area contributed by atoms with Crippen LogP contribution >= 0.6 is 0 Å². The molecule has 3 nitrogen and oxygen atoms in total. The van der Waals surface area contributed by atoms with Crippen molar-refractivity contribution in [1.29, 1.82) is 0 Å². The fraction of sp³-hybridized carbons (Fsp3) is 0.600. The van der Waals surface area contributed by atoms with Gasteiger partial charge in [-0.3, -0.25) is 0 Å². The zero-order valence-corrected chi connectivity index (χ0v) is 12.5. The number of rotatable bonds is 7. The molecule has 1 aromatic carbocycles. The number of hydrogen-bond acceptors (Lipinski definition) is 2. The van der Waals surface area contributed by atoms with E-state index >= 15 is 0 Å². The van der Waals surface area contributed by atoms with Crippen molar-refractivity contribution < 1.29 is 12.8 Å². The van der Waals surface area contributed by atoms with Crippen LogP contribution in [0.2, 0.25) is 0 Å². The van der Waals surface area contributed by atoms with Crippen molar-refractivity contribution in [3.63, 3.8) is 0 Å². The summed E-state index contributed by atoms with van der Waals surface area (Å²) in [6, 6.07) is 6.73. The number of unbranched alkanes of at least 4 members (excludes halogenated alkanes) is 1. The number of nitrogens with one attached hydrogen (secondary N) is 1. The normalized spacial score (nSPS) is 16.6. The number of hydrogen-bond donors (Lipinski definition) is 1. The van der Waals surface area contributed by atoms with Crippen molar-refractivity contribution in [2.24, 2.45) is 0 Å². The zero-order chi connectivity index (χ0) is 14.4. The maximum Gasteiger partial charge on any atom is 0.214 e. The van der Waals surface area contributed by atoms with E-state index in [1.54, 1.807) is 12.1 Å². The van der Waals surface area contributed by atoms with Crippen molar-refractivity contribution in [3.8, 4) is 0 Å². The lowest BCUT2D eigenvalue weighted by atomic mass is 10.1. The molecule has 0 saturated heterocycles. The summed E-state index contributed by atoms with van der Waals surface area (Å²) < 4.78 is 40.0. The van der Waals surface area contributed by atoms with E-state index < -0.39 is 10.0 Å². The predicted octanol–water partition coefficient (Wildman–Crippen LogP) is 3.01. The fourth-order valence-corrected chi connectivity index (χ4v) is 4.29. The van der Waals surface area contributed by atoms with Crippen molar-refractivity contribution in [1.82, 2.24) is 4.72 Å².